The number of esters is 1. The lowest BCUT2D eigenvalue weighted by Crippen LogP contribution is -2.39. The third kappa shape index (κ3) is 4.45. The van der Waals surface area contributed by atoms with E-state index in [0.29, 0.717) is 26.4 Å². The van der Waals surface area contributed by atoms with Crippen LogP contribution in [0.2, 0.25) is 0 Å². The van der Waals surface area contributed by atoms with Gasteiger partial charge in [0.25, 0.3) is 5.56 Å². The molecule has 1 atom stereocenters. The van der Waals surface area contributed by atoms with Crippen LogP contribution in [0.5, 0.6) is 11.5 Å². The highest BCUT2D eigenvalue weighted by Crippen LogP contribution is 2.31. The van der Waals surface area contributed by atoms with Gasteiger partial charge in [0.1, 0.15) is 18.1 Å². The first kappa shape index (κ1) is 23.3. The van der Waals surface area contributed by atoms with Crippen molar-refractivity contribution in [3.8, 4) is 11.5 Å². The first-order valence-corrected chi connectivity index (χ1v) is 11.4. The molecule has 0 fully saturated rings. The van der Waals surface area contributed by atoms with E-state index in [0.717, 1.165) is 16.9 Å². The maximum Gasteiger partial charge on any atom is 0.338 e. The number of hydrogen-bond donors (Lipinski definition) is 0. The molecule has 0 saturated carbocycles. The SMILES string of the molecule is C=CCOC(=O)C1=C(C)N=c2sc(=Cc3ccc(OC)cc3)c(=O)n2C1c1ccc(OC)cc1. The minimum absolute atomic E-state index is 0.0623. The summed E-state index contributed by atoms with van der Waals surface area (Å²) in [5, 5.41) is 0. The lowest BCUT2D eigenvalue weighted by atomic mass is 9.96. The largest absolute Gasteiger partial charge is 0.497 e. The molecule has 0 bridgehead atoms. The molecule has 7 nitrogen and oxygen atoms in total. The molecule has 0 saturated heterocycles. The Labute approximate surface area is 200 Å². The van der Waals surface area contributed by atoms with E-state index >= 15 is 0 Å². The zero-order valence-electron chi connectivity index (χ0n) is 19.1. The number of carbonyl (C=O) groups is 1. The van der Waals surface area contributed by atoms with E-state index in [4.69, 9.17) is 14.2 Å². The van der Waals surface area contributed by atoms with Gasteiger partial charge in [-0.15, -0.1) is 0 Å². The smallest absolute Gasteiger partial charge is 0.338 e. The normalized spacial score (nSPS) is 15.4. The lowest BCUT2D eigenvalue weighted by Gasteiger charge is -2.24. The highest BCUT2D eigenvalue weighted by Gasteiger charge is 2.33. The summed E-state index contributed by atoms with van der Waals surface area (Å²) < 4.78 is 17.9. The molecule has 4 rings (SSSR count). The Hall–Kier alpha value is -3.91. The van der Waals surface area contributed by atoms with E-state index in [2.05, 4.69) is 11.6 Å². The first-order valence-electron chi connectivity index (χ1n) is 10.6. The van der Waals surface area contributed by atoms with E-state index in [-0.39, 0.29) is 12.2 Å². The minimum Gasteiger partial charge on any atom is -0.497 e. The number of allylic oxidation sites excluding steroid dienone is 1. The van der Waals surface area contributed by atoms with Crippen molar-refractivity contribution in [3.63, 3.8) is 0 Å². The molecule has 2 aromatic carbocycles. The van der Waals surface area contributed by atoms with Crippen molar-refractivity contribution in [3.05, 3.63) is 103 Å². The Morgan fingerprint density at radius 3 is 2.29 bits per heavy atom. The fraction of sp³-hybridized carbons (Fsp3) is 0.192. The molecule has 1 unspecified atom stereocenters. The van der Waals surface area contributed by atoms with Crippen LogP contribution < -0.4 is 24.4 Å². The molecule has 0 spiro atoms. The molecule has 1 aliphatic rings. The Morgan fingerprint density at radius 1 is 1.09 bits per heavy atom. The molecule has 174 valence electrons. The van der Waals surface area contributed by atoms with Crippen molar-refractivity contribution in [1.29, 1.82) is 0 Å². The van der Waals surface area contributed by atoms with E-state index in [9.17, 15) is 9.59 Å². The summed E-state index contributed by atoms with van der Waals surface area (Å²) in [6.45, 7) is 5.41. The molecule has 2 heterocycles. The van der Waals surface area contributed by atoms with Crippen LogP contribution in [0.4, 0.5) is 0 Å². The van der Waals surface area contributed by atoms with Crippen molar-refractivity contribution in [2.24, 2.45) is 4.99 Å². The van der Waals surface area contributed by atoms with Gasteiger partial charge in [-0.1, -0.05) is 48.3 Å². The molecule has 0 amide bonds. The topological polar surface area (TPSA) is 79.1 Å². The predicted octanol–water partition coefficient (Wildman–Crippen LogP) is 2.98. The zero-order valence-corrected chi connectivity index (χ0v) is 19.9. The van der Waals surface area contributed by atoms with Crippen molar-refractivity contribution in [2.75, 3.05) is 20.8 Å². The summed E-state index contributed by atoms with van der Waals surface area (Å²) in [6.07, 6.45) is 3.31. The highest BCUT2D eigenvalue weighted by atomic mass is 32.1. The molecule has 1 aliphatic heterocycles. The Morgan fingerprint density at radius 2 is 1.71 bits per heavy atom. The van der Waals surface area contributed by atoms with Gasteiger partial charge >= 0.3 is 5.97 Å². The number of hydrogen-bond acceptors (Lipinski definition) is 7. The number of carbonyl (C=O) groups excluding carboxylic acids is 1. The molecule has 0 radical (unpaired) electrons. The first-order chi connectivity index (χ1) is 16.5. The van der Waals surface area contributed by atoms with Crippen LogP contribution in [0, 0.1) is 0 Å². The minimum atomic E-state index is -0.683. The molecule has 8 heteroatoms. The molecule has 34 heavy (non-hydrogen) atoms. The quantitative estimate of drug-likeness (QED) is 0.387. The monoisotopic (exact) mass is 476 g/mol. The van der Waals surface area contributed by atoms with Crippen LogP contribution >= 0.6 is 11.3 Å². The third-order valence-electron chi connectivity index (χ3n) is 5.42. The number of thiazole rings is 1. The van der Waals surface area contributed by atoms with Crippen molar-refractivity contribution < 1.29 is 19.0 Å². The second kappa shape index (κ2) is 9.93. The van der Waals surface area contributed by atoms with Gasteiger partial charge in [0.2, 0.25) is 0 Å². The predicted molar refractivity (Wildman–Crippen MR) is 131 cm³/mol. The van der Waals surface area contributed by atoms with Gasteiger partial charge in [0.15, 0.2) is 4.80 Å². The maximum atomic E-state index is 13.6. The van der Waals surface area contributed by atoms with Crippen LogP contribution in [0.15, 0.2) is 82.2 Å². The summed E-state index contributed by atoms with van der Waals surface area (Å²) in [5.74, 6) is 0.870. The Balaban J connectivity index is 1.89. The van der Waals surface area contributed by atoms with Gasteiger partial charge in [-0.25, -0.2) is 9.79 Å². The number of nitrogens with zero attached hydrogens (tertiary/aromatic N) is 2. The van der Waals surface area contributed by atoms with Crippen molar-refractivity contribution in [1.82, 2.24) is 4.57 Å². The number of aromatic nitrogens is 1. The molecule has 3 aromatic rings. The maximum absolute atomic E-state index is 13.6. The molecule has 0 aliphatic carbocycles. The Kier molecular flexibility index (Phi) is 6.79. The number of rotatable bonds is 7. The summed E-state index contributed by atoms with van der Waals surface area (Å²) in [5.41, 5.74) is 2.19. The molecular weight excluding hydrogens is 452 g/mol. The summed E-state index contributed by atoms with van der Waals surface area (Å²) >= 11 is 1.28. The number of fused-ring (bicyclic) bond motifs is 1. The summed E-state index contributed by atoms with van der Waals surface area (Å²) in [7, 11) is 3.19. The van der Waals surface area contributed by atoms with E-state index in [1.54, 1.807) is 37.8 Å². The second-order valence-electron chi connectivity index (χ2n) is 7.52. The van der Waals surface area contributed by atoms with Gasteiger partial charge in [0.05, 0.1) is 36.1 Å². The van der Waals surface area contributed by atoms with Gasteiger partial charge in [-0.3, -0.25) is 9.36 Å². The Bertz CT molecular complexity index is 1430. The molecular formula is C26H24N2O5S. The molecule has 0 N–H and O–H groups in total. The van der Waals surface area contributed by atoms with Crippen LogP contribution in [-0.2, 0) is 9.53 Å². The summed E-state index contributed by atoms with van der Waals surface area (Å²) in [6, 6.07) is 14.0. The van der Waals surface area contributed by atoms with E-state index in [1.807, 2.05) is 42.5 Å². The average Bonchev–Trinajstić information content (AvgIpc) is 3.16. The van der Waals surface area contributed by atoms with Crippen LogP contribution in [0.3, 0.4) is 0 Å². The van der Waals surface area contributed by atoms with E-state index < -0.39 is 12.0 Å². The zero-order chi connectivity index (χ0) is 24.2. The van der Waals surface area contributed by atoms with E-state index in [1.165, 1.54) is 17.4 Å². The van der Waals surface area contributed by atoms with Crippen LogP contribution in [0.25, 0.3) is 6.08 Å². The standard InChI is InChI=1S/C26H24N2O5S/c1-5-14-33-25(30)22-16(2)27-26-28(23(22)18-8-12-20(32-4)13-9-18)24(29)21(34-26)15-17-6-10-19(31-3)11-7-17/h5-13,15,23H,1,14H2,2-4H3. The fourth-order valence-electron chi connectivity index (χ4n) is 3.75. The van der Waals surface area contributed by atoms with Crippen LogP contribution in [-0.4, -0.2) is 31.4 Å². The van der Waals surface area contributed by atoms with Crippen molar-refractivity contribution >= 4 is 23.4 Å². The summed E-state index contributed by atoms with van der Waals surface area (Å²) in [4.78, 5) is 31.7. The van der Waals surface area contributed by atoms with Gasteiger partial charge in [-0.05, 0) is 48.4 Å². The van der Waals surface area contributed by atoms with Gasteiger partial charge in [-0.2, -0.15) is 0 Å². The van der Waals surface area contributed by atoms with Gasteiger partial charge < -0.3 is 14.2 Å². The fourth-order valence-corrected chi connectivity index (χ4v) is 4.79. The van der Waals surface area contributed by atoms with Gasteiger partial charge in [0, 0.05) is 0 Å². The third-order valence-corrected chi connectivity index (χ3v) is 6.40. The number of benzene rings is 2. The van der Waals surface area contributed by atoms with Crippen LogP contribution in [0.1, 0.15) is 24.1 Å². The second-order valence-corrected chi connectivity index (χ2v) is 8.52. The lowest BCUT2D eigenvalue weighted by molar-refractivity contribution is -0.138. The van der Waals surface area contributed by atoms with Crippen molar-refractivity contribution in [2.45, 2.75) is 13.0 Å². The average molecular weight is 477 g/mol. The number of methoxy groups -OCH3 is 2. The highest BCUT2D eigenvalue weighted by molar-refractivity contribution is 7.07. The molecule has 1 aromatic heterocycles. The number of ether oxygens (including phenoxy) is 3.